The van der Waals surface area contributed by atoms with Crippen molar-refractivity contribution < 1.29 is 14.3 Å². The molecular weight excluding hydrogens is 412 g/mol. The third kappa shape index (κ3) is 6.11. The van der Waals surface area contributed by atoms with Crippen molar-refractivity contribution in [2.45, 2.75) is 6.92 Å². The second kappa shape index (κ2) is 10.3. The highest BCUT2D eigenvalue weighted by molar-refractivity contribution is 6.31. The molecule has 3 aromatic carbocycles. The molecule has 0 atom stereocenters. The predicted molar refractivity (Wildman–Crippen MR) is 123 cm³/mol. The molecule has 0 aromatic heterocycles. The van der Waals surface area contributed by atoms with Crippen LogP contribution in [-0.4, -0.2) is 19.6 Å². The van der Waals surface area contributed by atoms with Crippen molar-refractivity contribution in [3.05, 3.63) is 88.4 Å². The Labute approximate surface area is 186 Å². The molecule has 156 valence electrons. The van der Waals surface area contributed by atoms with Crippen LogP contribution in [0.15, 0.2) is 66.7 Å². The fourth-order valence-corrected chi connectivity index (χ4v) is 2.97. The van der Waals surface area contributed by atoms with Gasteiger partial charge in [-0.3, -0.25) is 4.79 Å². The minimum Gasteiger partial charge on any atom is -0.497 e. The summed E-state index contributed by atoms with van der Waals surface area (Å²) >= 11 is 6.07. The van der Waals surface area contributed by atoms with E-state index in [9.17, 15) is 10.1 Å². The number of methoxy groups -OCH3 is 1. The molecule has 6 heteroatoms. The molecule has 3 rings (SSSR count). The number of halogens is 1. The van der Waals surface area contributed by atoms with E-state index in [2.05, 4.69) is 11.4 Å². The molecule has 0 saturated heterocycles. The van der Waals surface area contributed by atoms with Crippen molar-refractivity contribution in [2.75, 3.05) is 19.0 Å². The summed E-state index contributed by atoms with van der Waals surface area (Å²) in [5.74, 6) is 1.00. The third-order valence-electron chi connectivity index (χ3n) is 4.54. The summed E-state index contributed by atoms with van der Waals surface area (Å²) in [6.45, 7) is 1.77. The Balaban J connectivity index is 1.60. The van der Waals surface area contributed by atoms with Gasteiger partial charge in [0.25, 0.3) is 5.91 Å². The standard InChI is InChI=1S/C25H21ClN2O3/c1-17-3-8-21(14-24(17)26)28-25(29)16-31-23-9-4-18(5-10-23)13-20(15-27)19-6-11-22(30-2)12-7-19/h3-14H,16H2,1-2H3,(H,28,29)/b20-13+. The molecule has 0 unspecified atom stereocenters. The number of allylic oxidation sites excluding steroid dienone is 1. The van der Waals surface area contributed by atoms with Gasteiger partial charge < -0.3 is 14.8 Å². The van der Waals surface area contributed by atoms with E-state index in [-0.39, 0.29) is 12.5 Å². The SMILES string of the molecule is COc1ccc(/C(C#N)=C/c2ccc(OCC(=O)Nc3ccc(C)c(Cl)c3)cc2)cc1. The number of benzene rings is 3. The predicted octanol–water partition coefficient (Wildman–Crippen LogP) is 5.74. The maximum Gasteiger partial charge on any atom is 0.262 e. The minimum atomic E-state index is -0.282. The summed E-state index contributed by atoms with van der Waals surface area (Å²) in [6.07, 6.45) is 1.79. The smallest absolute Gasteiger partial charge is 0.262 e. The van der Waals surface area contributed by atoms with E-state index in [0.717, 1.165) is 22.4 Å². The zero-order valence-electron chi connectivity index (χ0n) is 17.2. The van der Waals surface area contributed by atoms with Crippen molar-refractivity contribution in [2.24, 2.45) is 0 Å². The topological polar surface area (TPSA) is 71.3 Å². The zero-order chi connectivity index (χ0) is 22.2. The number of carbonyl (C=O) groups is 1. The molecule has 0 spiro atoms. The molecule has 1 N–H and O–H groups in total. The van der Waals surface area contributed by atoms with Gasteiger partial charge in [0.1, 0.15) is 11.5 Å². The number of nitrogens with one attached hydrogen (secondary N) is 1. The van der Waals surface area contributed by atoms with Gasteiger partial charge in [-0.05, 0) is 78.2 Å². The number of amides is 1. The molecule has 0 heterocycles. The van der Waals surface area contributed by atoms with E-state index in [1.54, 1.807) is 37.5 Å². The summed E-state index contributed by atoms with van der Waals surface area (Å²) in [7, 11) is 1.60. The molecule has 0 bridgehead atoms. The molecule has 3 aromatic rings. The lowest BCUT2D eigenvalue weighted by molar-refractivity contribution is -0.118. The van der Waals surface area contributed by atoms with E-state index in [1.807, 2.05) is 49.4 Å². The van der Waals surface area contributed by atoms with Crippen molar-refractivity contribution in [1.29, 1.82) is 5.26 Å². The number of aryl methyl sites for hydroxylation is 1. The summed E-state index contributed by atoms with van der Waals surface area (Å²) in [6, 6.07) is 22.0. The zero-order valence-corrected chi connectivity index (χ0v) is 17.9. The fourth-order valence-electron chi connectivity index (χ4n) is 2.79. The third-order valence-corrected chi connectivity index (χ3v) is 4.95. The van der Waals surface area contributed by atoms with E-state index < -0.39 is 0 Å². The number of anilines is 1. The highest BCUT2D eigenvalue weighted by Crippen LogP contribution is 2.22. The second-order valence-corrected chi connectivity index (χ2v) is 7.18. The normalized spacial score (nSPS) is 10.8. The van der Waals surface area contributed by atoms with Gasteiger partial charge in [0.05, 0.1) is 18.8 Å². The first-order valence-corrected chi connectivity index (χ1v) is 9.91. The molecule has 0 radical (unpaired) electrons. The molecule has 0 fully saturated rings. The summed E-state index contributed by atoms with van der Waals surface area (Å²) in [5, 5.41) is 12.8. The number of carbonyl (C=O) groups excluding carboxylic acids is 1. The van der Waals surface area contributed by atoms with E-state index >= 15 is 0 Å². The Bertz CT molecular complexity index is 1130. The van der Waals surface area contributed by atoms with Crippen LogP contribution >= 0.6 is 11.6 Å². The van der Waals surface area contributed by atoms with Crippen molar-refractivity contribution in [1.82, 2.24) is 0 Å². The van der Waals surface area contributed by atoms with Crippen molar-refractivity contribution in [3.63, 3.8) is 0 Å². The highest BCUT2D eigenvalue weighted by Gasteiger charge is 2.06. The van der Waals surface area contributed by atoms with Crippen molar-refractivity contribution in [3.8, 4) is 17.6 Å². The molecular formula is C25H21ClN2O3. The Morgan fingerprint density at radius 1 is 1.06 bits per heavy atom. The molecule has 0 aliphatic heterocycles. The van der Waals surface area contributed by atoms with Crippen LogP contribution in [0.2, 0.25) is 5.02 Å². The number of nitrogens with zero attached hydrogens (tertiary/aromatic N) is 1. The van der Waals surface area contributed by atoms with Crippen LogP contribution < -0.4 is 14.8 Å². The molecule has 5 nitrogen and oxygen atoms in total. The average molecular weight is 433 g/mol. The van der Waals surface area contributed by atoms with Gasteiger partial charge in [0, 0.05) is 10.7 Å². The van der Waals surface area contributed by atoms with Gasteiger partial charge >= 0.3 is 0 Å². The van der Waals surface area contributed by atoms with Crippen LogP contribution in [0.25, 0.3) is 11.6 Å². The van der Waals surface area contributed by atoms with Gasteiger partial charge in [-0.25, -0.2) is 0 Å². The van der Waals surface area contributed by atoms with E-state index in [0.29, 0.717) is 22.0 Å². The van der Waals surface area contributed by atoms with Crippen LogP contribution in [-0.2, 0) is 4.79 Å². The quantitative estimate of drug-likeness (QED) is 0.381. The summed E-state index contributed by atoms with van der Waals surface area (Å²) in [5.41, 5.74) is 3.74. The van der Waals surface area contributed by atoms with Crippen LogP contribution in [0.5, 0.6) is 11.5 Å². The van der Waals surface area contributed by atoms with Crippen LogP contribution in [0.3, 0.4) is 0 Å². The Morgan fingerprint density at radius 3 is 2.35 bits per heavy atom. The van der Waals surface area contributed by atoms with Crippen molar-refractivity contribution >= 4 is 34.8 Å². The maximum absolute atomic E-state index is 12.1. The van der Waals surface area contributed by atoms with Gasteiger partial charge in [-0.1, -0.05) is 29.8 Å². The van der Waals surface area contributed by atoms with Crippen LogP contribution in [0.4, 0.5) is 5.69 Å². The highest BCUT2D eigenvalue weighted by atomic mass is 35.5. The Kier molecular flexibility index (Phi) is 7.31. The van der Waals surface area contributed by atoms with E-state index in [4.69, 9.17) is 21.1 Å². The maximum atomic E-state index is 12.1. The number of nitriles is 1. The first-order chi connectivity index (χ1) is 15.0. The lowest BCUT2D eigenvalue weighted by atomic mass is 10.0. The first-order valence-electron chi connectivity index (χ1n) is 9.53. The summed E-state index contributed by atoms with van der Waals surface area (Å²) < 4.78 is 10.7. The second-order valence-electron chi connectivity index (χ2n) is 6.77. The lowest BCUT2D eigenvalue weighted by Gasteiger charge is -2.09. The minimum absolute atomic E-state index is 0.129. The Hall–Kier alpha value is -3.75. The van der Waals surface area contributed by atoms with Gasteiger partial charge in [0.2, 0.25) is 0 Å². The molecule has 0 aliphatic carbocycles. The number of hydrogen-bond donors (Lipinski definition) is 1. The van der Waals surface area contributed by atoms with Gasteiger partial charge in [0.15, 0.2) is 6.61 Å². The number of ether oxygens (including phenoxy) is 2. The number of hydrogen-bond acceptors (Lipinski definition) is 4. The molecule has 31 heavy (non-hydrogen) atoms. The fraction of sp³-hybridized carbons (Fsp3) is 0.120. The van der Waals surface area contributed by atoms with Crippen LogP contribution in [0, 0.1) is 18.3 Å². The first kappa shape index (κ1) is 21.9. The van der Waals surface area contributed by atoms with E-state index in [1.165, 1.54) is 0 Å². The van der Waals surface area contributed by atoms with Gasteiger partial charge in [-0.2, -0.15) is 5.26 Å². The molecule has 0 aliphatic rings. The largest absolute Gasteiger partial charge is 0.497 e. The summed E-state index contributed by atoms with van der Waals surface area (Å²) in [4.78, 5) is 12.1. The molecule has 0 saturated carbocycles. The Morgan fingerprint density at radius 2 is 1.74 bits per heavy atom. The monoisotopic (exact) mass is 432 g/mol. The lowest BCUT2D eigenvalue weighted by Crippen LogP contribution is -2.20. The number of rotatable bonds is 7. The van der Waals surface area contributed by atoms with Crippen LogP contribution in [0.1, 0.15) is 16.7 Å². The molecule has 1 amide bonds. The average Bonchev–Trinajstić information content (AvgIpc) is 2.79. The van der Waals surface area contributed by atoms with Gasteiger partial charge in [-0.15, -0.1) is 0 Å².